The third-order valence-corrected chi connectivity index (χ3v) is 2.94. The van der Waals surface area contributed by atoms with Crippen LogP contribution in [-0.2, 0) is 14.3 Å². The zero-order valence-electron chi connectivity index (χ0n) is 10.4. The van der Waals surface area contributed by atoms with Crippen molar-refractivity contribution in [3.05, 3.63) is 29.8 Å². The van der Waals surface area contributed by atoms with E-state index in [2.05, 4.69) is 15.4 Å². The van der Waals surface area contributed by atoms with Crippen molar-refractivity contribution in [2.45, 2.75) is 6.42 Å². The van der Waals surface area contributed by atoms with Gasteiger partial charge in [0, 0.05) is 13.0 Å². The zero-order chi connectivity index (χ0) is 13.8. The van der Waals surface area contributed by atoms with Gasteiger partial charge < -0.3 is 15.4 Å². The average Bonchev–Trinajstić information content (AvgIpc) is 2.85. The molecule has 2 rings (SSSR count). The van der Waals surface area contributed by atoms with Crippen LogP contribution in [-0.4, -0.2) is 31.4 Å². The van der Waals surface area contributed by atoms with Crippen molar-refractivity contribution in [3.8, 4) is 0 Å². The van der Waals surface area contributed by atoms with Crippen LogP contribution in [0.2, 0.25) is 0 Å². The number of hydrogen-bond acceptors (Lipinski definition) is 4. The van der Waals surface area contributed by atoms with E-state index in [4.69, 9.17) is 0 Å². The lowest BCUT2D eigenvalue weighted by molar-refractivity contribution is -0.123. The van der Waals surface area contributed by atoms with Crippen LogP contribution in [0.15, 0.2) is 24.3 Å². The summed E-state index contributed by atoms with van der Waals surface area (Å²) < 4.78 is 4.64. The fourth-order valence-electron chi connectivity index (χ4n) is 1.91. The van der Waals surface area contributed by atoms with E-state index in [1.807, 2.05) is 0 Å². The van der Waals surface area contributed by atoms with Crippen LogP contribution >= 0.6 is 0 Å². The summed E-state index contributed by atoms with van der Waals surface area (Å²) >= 11 is 0. The summed E-state index contributed by atoms with van der Waals surface area (Å²) in [5, 5.41) is 5.25. The Morgan fingerprint density at radius 3 is 2.74 bits per heavy atom. The Balaban J connectivity index is 2.12. The van der Waals surface area contributed by atoms with Gasteiger partial charge in [0.15, 0.2) is 0 Å². The molecule has 0 bridgehead atoms. The van der Waals surface area contributed by atoms with E-state index >= 15 is 0 Å². The molecule has 1 heterocycles. The number of nitrogens with one attached hydrogen (secondary N) is 2. The maximum atomic E-state index is 12.0. The van der Waals surface area contributed by atoms with Gasteiger partial charge in [-0.3, -0.25) is 9.59 Å². The molecular formula is C13H14N2O4. The standard InChI is InChI=1S/C13H14N2O4/c1-19-13(18)9-4-2-3-5-10(9)15-12(17)8-6-11(16)14-7-8/h2-5,8H,6-7H2,1H3,(H,14,16)(H,15,17). The third-order valence-electron chi connectivity index (χ3n) is 2.94. The molecule has 0 aromatic heterocycles. The Kier molecular flexibility index (Phi) is 3.79. The van der Waals surface area contributed by atoms with Gasteiger partial charge in [0.25, 0.3) is 0 Å². The molecule has 1 saturated heterocycles. The Morgan fingerprint density at radius 1 is 1.37 bits per heavy atom. The summed E-state index contributed by atoms with van der Waals surface area (Å²) in [6.07, 6.45) is 0.173. The van der Waals surface area contributed by atoms with Crippen LogP contribution in [0, 0.1) is 5.92 Å². The molecule has 0 spiro atoms. The van der Waals surface area contributed by atoms with E-state index in [0.717, 1.165) is 0 Å². The highest BCUT2D eigenvalue weighted by Gasteiger charge is 2.28. The molecule has 0 saturated carbocycles. The lowest BCUT2D eigenvalue weighted by atomic mass is 10.1. The van der Waals surface area contributed by atoms with Gasteiger partial charge in [-0.2, -0.15) is 0 Å². The summed E-state index contributed by atoms with van der Waals surface area (Å²) in [5.74, 6) is -1.34. The molecule has 1 aromatic rings. The number of benzene rings is 1. The lowest BCUT2D eigenvalue weighted by Crippen LogP contribution is -2.25. The second-order valence-electron chi connectivity index (χ2n) is 4.23. The molecule has 1 aliphatic heterocycles. The molecule has 2 amide bonds. The van der Waals surface area contributed by atoms with Crippen LogP contribution in [0.1, 0.15) is 16.8 Å². The van der Waals surface area contributed by atoms with E-state index in [0.29, 0.717) is 12.2 Å². The van der Waals surface area contributed by atoms with Crippen LogP contribution in [0.3, 0.4) is 0 Å². The van der Waals surface area contributed by atoms with E-state index < -0.39 is 11.9 Å². The van der Waals surface area contributed by atoms with Crippen LogP contribution in [0.25, 0.3) is 0 Å². The van der Waals surface area contributed by atoms with Crippen molar-refractivity contribution in [1.82, 2.24) is 5.32 Å². The molecule has 1 fully saturated rings. The second kappa shape index (κ2) is 5.51. The monoisotopic (exact) mass is 262 g/mol. The lowest BCUT2D eigenvalue weighted by Gasteiger charge is -2.12. The van der Waals surface area contributed by atoms with Crippen LogP contribution in [0.5, 0.6) is 0 Å². The normalized spacial score (nSPS) is 17.7. The highest BCUT2D eigenvalue weighted by Crippen LogP contribution is 2.18. The van der Waals surface area contributed by atoms with Crippen LogP contribution < -0.4 is 10.6 Å². The number of rotatable bonds is 3. The number of carbonyl (C=O) groups is 3. The first-order valence-electron chi connectivity index (χ1n) is 5.86. The summed E-state index contributed by atoms with van der Waals surface area (Å²) in [6, 6.07) is 6.58. The summed E-state index contributed by atoms with van der Waals surface area (Å²) in [6.45, 7) is 0.324. The van der Waals surface area contributed by atoms with Crippen molar-refractivity contribution in [1.29, 1.82) is 0 Å². The van der Waals surface area contributed by atoms with Gasteiger partial charge in [-0.15, -0.1) is 0 Å². The summed E-state index contributed by atoms with van der Waals surface area (Å²) in [5.41, 5.74) is 0.675. The Bertz CT molecular complexity index is 527. The Labute approximate surface area is 110 Å². The maximum absolute atomic E-state index is 12.0. The Morgan fingerprint density at radius 2 is 2.11 bits per heavy atom. The van der Waals surface area contributed by atoms with Gasteiger partial charge in [0.05, 0.1) is 24.3 Å². The van der Waals surface area contributed by atoms with Crippen molar-refractivity contribution in [3.63, 3.8) is 0 Å². The minimum absolute atomic E-state index is 0.138. The number of methoxy groups -OCH3 is 1. The van der Waals surface area contributed by atoms with Crippen molar-refractivity contribution in [2.24, 2.45) is 5.92 Å². The van der Waals surface area contributed by atoms with Crippen molar-refractivity contribution < 1.29 is 19.1 Å². The number of anilines is 1. The second-order valence-corrected chi connectivity index (χ2v) is 4.23. The first-order valence-corrected chi connectivity index (χ1v) is 5.86. The maximum Gasteiger partial charge on any atom is 0.339 e. The van der Waals surface area contributed by atoms with Gasteiger partial charge in [-0.05, 0) is 12.1 Å². The molecule has 19 heavy (non-hydrogen) atoms. The molecule has 2 N–H and O–H groups in total. The number of para-hydroxylation sites is 1. The number of carbonyl (C=O) groups excluding carboxylic acids is 3. The first kappa shape index (κ1) is 13.1. The molecular weight excluding hydrogens is 248 g/mol. The highest BCUT2D eigenvalue weighted by atomic mass is 16.5. The summed E-state index contributed by atoms with van der Waals surface area (Å²) in [7, 11) is 1.28. The number of hydrogen-bond donors (Lipinski definition) is 2. The molecule has 1 unspecified atom stereocenters. The van der Waals surface area contributed by atoms with Gasteiger partial charge in [-0.1, -0.05) is 12.1 Å². The van der Waals surface area contributed by atoms with Crippen molar-refractivity contribution in [2.75, 3.05) is 19.0 Å². The third kappa shape index (κ3) is 2.90. The van der Waals surface area contributed by atoms with Crippen molar-refractivity contribution >= 4 is 23.5 Å². The minimum Gasteiger partial charge on any atom is -0.465 e. The largest absolute Gasteiger partial charge is 0.465 e. The SMILES string of the molecule is COC(=O)c1ccccc1NC(=O)C1CNC(=O)C1. The quantitative estimate of drug-likeness (QED) is 0.779. The smallest absolute Gasteiger partial charge is 0.339 e. The van der Waals surface area contributed by atoms with Gasteiger partial charge in [0.1, 0.15) is 0 Å². The fourth-order valence-corrected chi connectivity index (χ4v) is 1.91. The first-order chi connectivity index (χ1) is 9.11. The molecule has 1 aromatic carbocycles. The van der Waals surface area contributed by atoms with Gasteiger partial charge in [0.2, 0.25) is 11.8 Å². The van der Waals surface area contributed by atoms with E-state index in [-0.39, 0.29) is 23.8 Å². The number of esters is 1. The molecule has 1 atom stereocenters. The molecule has 1 aliphatic rings. The molecule has 6 heteroatoms. The molecule has 6 nitrogen and oxygen atoms in total. The van der Waals surface area contributed by atoms with E-state index in [1.54, 1.807) is 24.3 Å². The summed E-state index contributed by atoms with van der Waals surface area (Å²) in [4.78, 5) is 34.6. The van der Waals surface area contributed by atoms with Crippen LogP contribution in [0.4, 0.5) is 5.69 Å². The highest BCUT2D eigenvalue weighted by molar-refractivity contribution is 6.03. The number of amides is 2. The topological polar surface area (TPSA) is 84.5 Å². The van der Waals surface area contributed by atoms with E-state index in [9.17, 15) is 14.4 Å². The Hall–Kier alpha value is -2.37. The average molecular weight is 262 g/mol. The molecule has 0 radical (unpaired) electrons. The predicted octanol–water partition coefficient (Wildman–Crippen LogP) is 0.548. The molecule has 0 aliphatic carbocycles. The van der Waals surface area contributed by atoms with E-state index in [1.165, 1.54) is 7.11 Å². The zero-order valence-corrected chi connectivity index (χ0v) is 10.4. The fraction of sp³-hybridized carbons (Fsp3) is 0.308. The predicted molar refractivity (Wildman–Crippen MR) is 67.5 cm³/mol. The molecule has 100 valence electrons. The van der Waals surface area contributed by atoms with Gasteiger partial charge >= 0.3 is 5.97 Å². The number of ether oxygens (including phenoxy) is 1. The van der Waals surface area contributed by atoms with Gasteiger partial charge in [-0.25, -0.2) is 4.79 Å². The minimum atomic E-state index is -0.517.